The molecule has 1 aliphatic rings. The van der Waals surface area contributed by atoms with Crippen LogP contribution in [0.25, 0.3) is 0 Å². The second kappa shape index (κ2) is 5.64. The van der Waals surface area contributed by atoms with E-state index in [4.69, 9.17) is 0 Å². The monoisotopic (exact) mass is 309 g/mol. The van der Waals surface area contributed by atoms with Crippen LogP contribution in [0.1, 0.15) is 71.2 Å². The number of thiazole rings is 1. The Hall–Kier alpha value is -0.450. The molecule has 0 amide bonds. The van der Waals surface area contributed by atoms with Gasteiger partial charge in [-0.1, -0.05) is 20.8 Å². The van der Waals surface area contributed by atoms with E-state index in [1.54, 1.807) is 0 Å². The molecule has 1 aliphatic heterocycles. The van der Waals surface area contributed by atoms with Crippen LogP contribution < -0.4 is 10.6 Å². The lowest BCUT2D eigenvalue weighted by atomic mass is 9.79. The van der Waals surface area contributed by atoms with Crippen LogP contribution in [0.15, 0.2) is 6.20 Å². The van der Waals surface area contributed by atoms with Gasteiger partial charge in [0.2, 0.25) is 0 Å². The molecule has 0 spiro atoms. The summed E-state index contributed by atoms with van der Waals surface area (Å²) >= 11 is 1.84. The highest BCUT2D eigenvalue weighted by Crippen LogP contribution is 2.30. The molecule has 1 saturated heterocycles. The summed E-state index contributed by atoms with van der Waals surface area (Å²) in [6.07, 6.45) is 4.37. The van der Waals surface area contributed by atoms with Crippen molar-refractivity contribution in [2.24, 2.45) is 0 Å². The predicted molar refractivity (Wildman–Crippen MR) is 92.0 cm³/mol. The number of piperidine rings is 1. The first-order valence-electron chi connectivity index (χ1n) is 7.95. The Kier molecular flexibility index (Phi) is 4.54. The minimum atomic E-state index is 0.154. The summed E-state index contributed by atoms with van der Waals surface area (Å²) in [4.78, 5) is 5.92. The molecule has 1 fully saturated rings. The largest absolute Gasteiger partial charge is 0.309 e. The van der Waals surface area contributed by atoms with E-state index in [9.17, 15) is 0 Å². The Labute approximate surface area is 133 Å². The molecule has 0 atom stereocenters. The Bertz CT molecular complexity index is 466. The average Bonchev–Trinajstić information content (AvgIpc) is 2.69. The SMILES string of the molecule is CC1(C)CC(NCc2cnc(C(C)(C)C)s2)CC(C)(C)N1. The third-order valence-corrected chi connectivity index (χ3v) is 5.37. The van der Waals surface area contributed by atoms with Gasteiger partial charge in [-0.2, -0.15) is 0 Å². The maximum Gasteiger partial charge on any atom is 0.0981 e. The lowest BCUT2D eigenvalue weighted by Crippen LogP contribution is -2.61. The van der Waals surface area contributed by atoms with Crippen molar-refractivity contribution < 1.29 is 0 Å². The van der Waals surface area contributed by atoms with Gasteiger partial charge in [0.1, 0.15) is 0 Å². The first-order chi connectivity index (χ1) is 9.47. The second-order valence-corrected chi connectivity index (χ2v) is 9.88. The Balaban J connectivity index is 1.95. The maximum absolute atomic E-state index is 4.57. The summed E-state index contributed by atoms with van der Waals surface area (Å²) in [5.74, 6) is 0. The Morgan fingerprint density at radius 1 is 1.24 bits per heavy atom. The minimum Gasteiger partial charge on any atom is -0.309 e. The molecular formula is C17H31N3S. The molecule has 0 radical (unpaired) electrons. The van der Waals surface area contributed by atoms with Gasteiger partial charge >= 0.3 is 0 Å². The molecule has 2 rings (SSSR count). The summed E-state index contributed by atoms with van der Waals surface area (Å²) < 4.78 is 0. The molecule has 3 nitrogen and oxygen atoms in total. The fourth-order valence-electron chi connectivity index (χ4n) is 3.45. The highest BCUT2D eigenvalue weighted by molar-refractivity contribution is 7.11. The molecule has 21 heavy (non-hydrogen) atoms. The zero-order valence-corrected chi connectivity index (χ0v) is 15.4. The standard InChI is InChI=1S/C17H31N3S/c1-15(2,3)14-19-11-13(21-14)10-18-12-8-16(4,5)20-17(6,7)9-12/h11-12,18,20H,8-10H2,1-7H3. The topological polar surface area (TPSA) is 37.0 Å². The van der Waals surface area contributed by atoms with E-state index < -0.39 is 0 Å². The van der Waals surface area contributed by atoms with Gasteiger partial charge in [-0.25, -0.2) is 4.98 Å². The van der Waals surface area contributed by atoms with E-state index in [2.05, 4.69) is 64.1 Å². The van der Waals surface area contributed by atoms with Crippen molar-refractivity contribution in [1.82, 2.24) is 15.6 Å². The fourth-order valence-corrected chi connectivity index (χ4v) is 4.37. The van der Waals surface area contributed by atoms with Crippen LogP contribution in [-0.4, -0.2) is 22.1 Å². The number of rotatable bonds is 3. The summed E-state index contributed by atoms with van der Waals surface area (Å²) in [5.41, 5.74) is 0.551. The zero-order valence-electron chi connectivity index (χ0n) is 14.6. The third-order valence-electron chi connectivity index (χ3n) is 3.95. The van der Waals surface area contributed by atoms with Crippen LogP contribution in [0.3, 0.4) is 0 Å². The molecule has 0 saturated carbocycles. The quantitative estimate of drug-likeness (QED) is 0.891. The van der Waals surface area contributed by atoms with Gasteiger partial charge in [0.15, 0.2) is 0 Å². The smallest absolute Gasteiger partial charge is 0.0981 e. The van der Waals surface area contributed by atoms with Crippen LogP contribution in [0.2, 0.25) is 0 Å². The van der Waals surface area contributed by atoms with Crippen molar-refractivity contribution in [2.45, 2.75) is 90.4 Å². The highest BCUT2D eigenvalue weighted by atomic mass is 32.1. The van der Waals surface area contributed by atoms with Crippen molar-refractivity contribution in [2.75, 3.05) is 0 Å². The van der Waals surface area contributed by atoms with E-state index in [1.165, 1.54) is 22.7 Å². The average molecular weight is 310 g/mol. The van der Waals surface area contributed by atoms with E-state index in [0.717, 1.165) is 6.54 Å². The number of nitrogens with zero attached hydrogens (tertiary/aromatic N) is 1. The van der Waals surface area contributed by atoms with Gasteiger partial charge in [0.05, 0.1) is 5.01 Å². The molecule has 4 heteroatoms. The molecular weight excluding hydrogens is 278 g/mol. The lowest BCUT2D eigenvalue weighted by molar-refractivity contribution is 0.146. The van der Waals surface area contributed by atoms with Gasteiger partial charge in [0, 0.05) is 40.2 Å². The van der Waals surface area contributed by atoms with Crippen LogP contribution in [0.5, 0.6) is 0 Å². The fraction of sp³-hybridized carbons (Fsp3) is 0.824. The maximum atomic E-state index is 4.57. The third kappa shape index (κ3) is 4.76. The number of hydrogen-bond donors (Lipinski definition) is 2. The number of hydrogen-bond acceptors (Lipinski definition) is 4. The second-order valence-electron chi connectivity index (χ2n) is 8.76. The van der Waals surface area contributed by atoms with Gasteiger partial charge in [-0.05, 0) is 40.5 Å². The van der Waals surface area contributed by atoms with Gasteiger partial charge in [0.25, 0.3) is 0 Å². The zero-order chi connectivity index (χ0) is 15.9. The van der Waals surface area contributed by atoms with E-state index in [0.29, 0.717) is 6.04 Å². The molecule has 120 valence electrons. The molecule has 0 unspecified atom stereocenters. The molecule has 2 heterocycles. The van der Waals surface area contributed by atoms with Gasteiger partial charge in [-0.3, -0.25) is 0 Å². The molecule has 0 bridgehead atoms. The summed E-state index contributed by atoms with van der Waals surface area (Å²) in [6.45, 7) is 16.8. The normalized spacial score (nSPS) is 22.4. The van der Waals surface area contributed by atoms with Crippen LogP contribution >= 0.6 is 11.3 Å². The summed E-state index contributed by atoms with van der Waals surface area (Å²) in [7, 11) is 0. The first-order valence-corrected chi connectivity index (χ1v) is 8.76. The van der Waals surface area contributed by atoms with E-state index >= 15 is 0 Å². The number of aromatic nitrogens is 1. The molecule has 0 aliphatic carbocycles. The van der Waals surface area contributed by atoms with E-state index in [1.807, 2.05) is 17.5 Å². The van der Waals surface area contributed by atoms with Gasteiger partial charge in [-0.15, -0.1) is 11.3 Å². The molecule has 2 N–H and O–H groups in total. The molecule has 0 aromatic carbocycles. The van der Waals surface area contributed by atoms with Crippen LogP contribution in [0.4, 0.5) is 0 Å². The molecule has 1 aromatic rings. The van der Waals surface area contributed by atoms with Crippen molar-refractivity contribution in [1.29, 1.82) is 0 Å². The number of nitrogens with one attached hydrogen (secondary N) is 2. The summed E-state index contributed by atoms with van der Waals surface area (Å²) in [5, 5.41) is 8.71. The summed E-state index contributed by atoms with van der Waals surface area (Å²) in [6, 6.07) is 0.566. The van der Waals surface area contributed by atoms with Crippen LogP contribution in [-0.2, 0) is 12.0 Å². The predicted octanol–water partition coefficient (Wildman–Crippen LogP) is 3.84. The highest BCUT2D eigenvalue weighted by Gasteiger charge is 2.37. The van der Waals surface area contributed by atoms with Crippen molar-refractivity contribution in [3.63, 3.8) is 0 Å². The Morgan fingerprint density at radius 2 is 1.81 bits per heavy atom. The van der Waals surface area contributed by atoms with Crippen molar-refractivity contribution >= 4 is 11.3 Å². The lowest BCUT2D eigenvalue weighted by Gasteiger charge is -2.46. The van der Waals surface area contributed by atoms with E-state index in [-0.39, 0.29) is 16.5 Å². The first kappa shape index (κ1) is 16.9. The van der Waals surface area contributed by atoms with Crippen LogP contribution in [0, 0.1) is 0 Å². The van der Waals surface area contributed by atoms with Gasteiger partial charge < -0.3 is 10.6 Å². The molecule has 1 aromatic heterocycles. The van der Waals surface area contributed by atoms with Crippen molar-refractivity contribution in [3.8, 4) is 0 Å². The van der Waals surface area contributed by atoms with Crippen molar-refractivity contribution in [3.05, 3.63) is 16.1 Å². The Morgan fingerprint density at radius 3 is 2.29 bits per heavy atom. The minimum absolute atomic E-state index is 0.154.